The first-order valence-electron chi connectivity index (χ1n) is 11.6. The van der Waals surface area contributed by atoms with Crippen LogP contribution in [0.25, 0.3) is 21.6 Å². The molecule has 188 valence electrons. The fourth-order valence-corrected chi connectivity index (χ4v) is 6.59. The molecule has 0 amide bonds. The quantitative estimate of drug-likeness (QED) is 0.127. The second kappa shape index (κ2) is 9.93. The third-order valence-electron chi connectivity index (χ3n) is 6.41. The molecule has 0 aliphatic rings. The van der Waals surface area contributed by atoms with Gasteiger partial charge >= 0.3 is 0 Å². The molecule has 0 atom stereocenters. The van der Waals surface area contributed by atoms with E-state index in [-0.39, 0.29) is 22.1 Å². The molecule has 37 heavy (non-hydrogen) atoms. The Morgan fingerprint density at radius 1 is 1.03 bits per heavy atom. The maximum Gasteiger partial charge on any atom is 0.267 e. The minimum atomic E-state index is -0.495. The number of carbonyl (C=O) groups excluding carboxylic acids is 1. The monoisotopic (exact) mass is 551 g/mol. The standard InChI is InChI=1S/C28H23ClFN3O2S2/c1-15-12-21(17(3)32(15)20-10-11-23(30)22(29)13-20)24(34)14-36-28-31-26-25(16(2)18(4)37-26)27(35)33(28)19-8-6-5-7-9-19/h5-13H,14H2,1-4H3. The summed E-state index contributed by atoms with van der Waals surface area (Å²) in [6, 6.07) is 15.7. The van der Waals surface area contributed by atoms with E-state index in [0.717, 1.165) is 21.8 Å². The smallest absolute Gasteiger partial charge is 0.267 e. The largest absolute Gasteiger partial charge is 0.318 e. The number of hydrogen-bond donors (Lipinski definition) is 0. The number of halogens is 2. The molecule has 9 heteroatoms. The Balaban J connectivity index is 1.51. The maximum atomic E-state index is 13.7. The molecule has 5 rings (SSSR count). The van der Waals surface area contributed by atoms with Crippen LogP contribution in [0, 0.1) is 33.5 Å². The molecule has 5 aromatic rings. The van der Waals surface area contributed by atoms with Crippen LogP contribution in [0.1, 0.15) is 32.2 Å². The molecule has 0 radical (unpaired) electrons. The van der Waals surface area contributed by atoms with E-state index < -0.39 is 5.82 Å². The molecule has 0 bridgehead atoms. The van der Waals surface area contributed by atoms with Crippen LogP contribution in [-0.2, 0) is 0 Å². The molecule has 0 saturated heterocycles. The number of aromatic nitrogens is 3. The van der Waals surface area contributed by atoms with Gasteiger partial charge in [0.25, 0.3) is 5.56 Å². The number of nitrogens with zero attached hydrogens (tertiary/aromatic N) is 3. The van der Waals surface area contributed by atoms with E-state index in [4.69, 9.17) is 16.6 Å². The van der Waals surface area contributed by atoms with Crippen molar-refractivity contribution >= 4 is 50.7 Å². The van der Waals surface area contributed by atoms with Crippen LogP contribution in [0.4, 0.5) is 4.39 Å². The average Bonchev–Trinajstić information content (AvgIpc) is 3.34. The Labute approximate surface area is 226 Å². The van der Waals surface area contributed by atoms with Gasteiger partial charge in [-0.2, -0.15) is 0 Å². The molecule has 0 fully saturated rings. The fraction of sp³-hybridized carbons (Fsp3) is 0.179. The number of carbonyl (C=O) groups is 1. The Hall–Kier alpha value is -3.20. The second-order valence-electron chi connectivity index (χ2n) is 8.76. The molecule has 3 heterocycles. The number of ketones is 1. The summed E-state index contributed by atoms with van der Waals surface area (Å²) in [6.45, 7) is 7.66. The van der Waals surface area contributed by atoms with Crippen LogP contribution >= 0.6 is 34.7 Å². The van der Waals surface area contributed by atoms with Gasteiger partial charge in [-0.05, 0) is 69.7 Å². The molecule has 0 aliphatic carbocycles. The summed E-state index contributed by atoms with van der Waals surface area (Å²) >= 11 is 8.72. The number of rotatable bonds is 6. The highest BCUT2D eigenvalue weighted by molar-refractivity contribution is 7.99. The number of para-hydroxylation sites is 1. The summed E-state index contributed by atoms with van der Waals surface area (Å²) in [5.41, 5.74) is 4.30. The molecule has 0 aliphatic heterocycles. The Bertz CT molecular complexity index is 1740. The van der Waals surface area contributed by atoms with E-state index in [1.807, 2.05) is 68.7 Å². The summed E-state index contributed by atoms with van der Waals surface area (Å²) in [7, 11) is 0. The molecular weight excluding hydrogens is 529 g/mol. The van der Waals surface area contributed by atoms with Crippen LogP contribution in [-0.4, -0.2) is 25.7 Å². The zero-order chi connectivity index (χ0) is 26.4. The molecule has 5 nitrogen and oxygen atoms in total. The lowest BCUT2D eigenvalue weighted by Crippen LogP contribution is -2.22. The highest BCUT2D eigenvalue weighted by Gasteiger charge is 2.21. The van der Waals surface area contributed by atoms with Crippen LogP contribution in [0.5, 0.6) is 0 Å². The van der Waals surface area contributed by atoms with Crippen LogP contribution in [0.2, 0.25) is 5.02 Å². The minimum Gasteiger partial charge on any atom is -0.318 e. The van der Waals surface area contributed by atoms with Crippen molar-refractivity contribution in [3.05, 3.63) is 103 Å². The third kappa shape index (κ3) is 4.54. The van der Waals surface area contributed by atoms with Crippen molar-refractivity contribution < 1.29 is 9.18 Å². The lowest BCUT2D eigenvalue weighted by Gasteiger charge is -2.12. The summed E-state index contributed by atoms with van der Waals surface area (Å²) < 4.78 is 17.2. The summed E-state index contributed by atoms with van der Waals surface area (Å²) in [5, 5.41) is 1.11. The first-order valence-corrected chi connectivity index (χ1v) is 13.7. The van der Waals surface area contributed by atoms with Crippen LogP contribution in [0.15, 0.2) is 64.5 Å². The zero-order valence-corrected chi connectivity index (χ0v) is 23.0. The van der Waals surface area contributed by atoms with E-state index in [2.05, 4.69) is 0 Å². The second-order valence-corrected chi connectivity index (χ2v) is 11.3. The predicted molar refractivity (Wildman–Crippen MR) is 150 cm³/mol. The van der Waals surface area contributed by atoms with Crippen molar-refractivity contribution in [2.24, 2.45) is 0 Å². The van der Waals surface area contributed by atoms with E-state index in [1.54, 1.807) is 16.7 Å². The summed E-state index contributed by atoms with van der Waals surface area (Å²) in [5.74, 6) is -0.488. The predicted octanol–water partition coefficient (Wildman–Crippen LogP) is 7.24. The average molecular weight is 552 g/mol. The highest BCUT2D eigenvalue weighted by Crippen LogP contribution is 2.31. The number of aryl methyl sites for hydroxylation is 3. The van der Waals surface area contributed by atoms with Crippen LogP contribution in [0.3, 0.4) is 0 Å². The highest BCUT2D eigenvalue weighted by atomic mass is 35.5. The van der Waals surface area contributed by atoms with Crippen molar-refractivity contribution in [1.29, 1.82) is 0 Å². The number of thiophene rings is 1. The van der Waals surface area contributed by atoms with Crippen LogP contribution < -0.4 is 5.56 Å². The van der Waals surface area contributed by atoms with Gasteiger partial charge < -0.3 is 4.57 Å². The summed E-state index contributed by atoms with van der Waals surface area (Å²) in [4.78, 5) is 33.5. The van der Waals surface area contributed by atoms with Gasteiger partial charge in [-0.15, -0.1) is 11.3 Å². The third-order valence-corrected chi connectivity index (χ3v) is 8.74. The van der Waals surface area contributed by atoms with Gasteiger partial charge in [0, 0.05) is 27.5 Å². The lowest BCUT2D eigenvalue weighted by molar-refractivity contribution is 0.102. The van der Waals surface area contributed by atoms with E-state index >= 15 is 0 Å². The zero-order valence-electron chi connectivity index (χ0n) is 20.6. The minimum absolute atomic E-state index is 0.0211. The van der Waals surface area contributed by atoms with Gasteiger partial charge in [-0.1, -0.05) is 41.6 Å². The number of Topliss-reactive ketones (excluding diaryl/α,β-unsaturated/α-hetero) is 1. The Kier molecular flexibility index (Phi) is 6.83. The molecule has 2 aromatic carbocycles. The number of thioether (sulfide) groups is 1. The van der Waals surface area contributed by atoms with E-state index in [0.29, 0.717) is 32.3 Å². The van der Waals surface area contributed by atoms with Gasteiger partial charge in [-0.3, -0.25) is 14.2 Å². The topological polar surface area (TPSA) is 56.9 Å². The molecule has 0 spiro atoms. The maximum absolute atomic E-state index is 13.7. The molecule has 0 saturated carbocycles. The fourth-order valence-electron chi connectivity index (χ4n) is 4.45. The first kappa shape index (κ1) is 25.4. The Morgan fingerprint density at radius 3 is 2.46 bits per heavy atom. The number of benzene rings is 2. The van der Waals surface area contributed by atoms with Gasteiger partial charge in [0.05, 0.1) is 21.8 Å². The van der Waals surface area contributed by atoms with Gasteiger partial charge in [0.2, 0.25) is 0 Å². The van der Waals surface area contributed by atoms with E-state index in [9.17, 15) is 14.0 Å². The van der Waals surface area contributed by atoms with Crippen molar-refractivity contribution in [2.45, 2.75) is 32.9 Å². The molecule has 3 aromatic heterocycles. The van der Waals surface area contributed by atoms with Gasteiger partial charge in [0.1, 0.15) is 10.6 Å². The number of fused-ring (bicyclic) bond motifs is 1. The normalized spacial score (nSPS) is 11.4. The van der Waals surface area contributed by atoms with Gasteiger partial charge in [0.15, 0.2) is 10.9 Å². The van der Waals surface area contributed by atoms with Crippen molar-refractivity contribution in [3.63, 3.8) is 0 Å². The first-order chi connectivity index (χ1) is 17.7. The van der Waals surface area contributed by atoms with Crippen molar-refractivity contribution in [3.8, 4) is 11.4 Å². The van der Waals surface area contributed by atoms with Gasteiger partial charge in [-0.25, -0.2) is 9.37 Å². The molecule has 0 N–H and O–H groups in total. The number of hydrogen-bond acceptors (Lipinski definition) is 5. The summed E-state index contributed by atoms with van der Waals surface area (Å²) in [6.07, 6.45) is 0. The van der Waals surface area contributed by atoms with E-state index in [1.165, 1.54) is 29.2 Å². The van der Waals surface area contributed by atoms with Crippen molar-refractivity contribution in [1.82, 2.24) is 14.1 Å². The molecular formula is C28H23ClFN3O2S2. The van der Waals surface area contributed by atoms with Crippen molar-refractivity contribution in [2.75, 3.05) is 5.75 Å². The molecule has 0 unspecified atom stereocenters. The lowest BCUT2D eigenvalue weighted by atomic mass is 10.2. The Morgan fingerprint density at radius 2 is 1.76 bits per heavy atom. The SMILES string of the molecule is Cc1sc2nc(SCC(=O)c3cc(C)n(-c4ccc(F)c(Cl)c4)c3C)n(-c3ccccc3)c(=O)c2c1C.